The van der Waals surface area contributed by atoms with Gasteiger partial charge in [0.1, 0.15) is 0 Å². The van der Waals surface area contributed by atoms with E-state index in [1.54, 1.807) is 12.2 Å². The van der Waals surface area contributed by atoms with Gasteiger partial charge < -0.3 is 10.4 Å². The molecule has 154 valence electrons. The molecule has 0 spiro atoms. The molecule has 1 aromatic rings. The fourth-order valence-corrected chi connectivity index (χ4v) is 3.59. The van der Waals surface area contributed by atoms with Gasteiger partial charge in [0.25, 0.3) is 5.91 Å². The van der Waals surface area contributed by atoms with Crippen molar-refractivity contribution in [3.63, 3.8) is 0 Å². The van der Waals surface area contributed by atoms with E-state index in [9.17, 15) is 19.1 Å². The van der Waals surface area contributed by atoms with Crippen molar-refractivity contribution in [1.82, 2.24) is 9.55 Å². The van der Waals surface area contributed by atoms with Crippen molar-refractivity contribution in [3.05, 3.63) is 46.3 Å². The van der Waals surface area contributed by atoms with Crippen LogP contribution in [0, 0.1) is 17.7 Å². The van der Waals surface area contributed by atoms with Gasteiger partial charge in [0, 0.05) is 29.7 Å². The number of allylic oxidation sites excluding steroid dienone is 2. The van der Waals surface area contributed by atoms with E-state index < -0.39 is 17.4 Å². The van der Waals surface area contributed by atoms with Crippen LogP contribution in [0.15, 0.2) is 34.8 Å². The summed E-state index contributed by atoms with van der Waals surface area (Å²) in [5.41, 5.74) is -0.245. The molecule has 28 heavy (non-hydrogen) atoms. The van der Waals surface area contributed by atoms with Crippen LogP contribution < -0.4 is 11.0 Å². The lowest BCUT2D eigenvalue weighted by molar-refractivity contribution is -0.112. The van der Waals surface area contributed by atoms with Crippen LogP contribution in [0.4, 0.5) is 10.2 Å². The highest BCUT2D eigenvalue weighted by Gasteiger charge is 2.18. The number of carbonyl (C=O) groups excluding carboxylic acids is 1. The van der Waals surface area contributed by atoms with E-state index in [0.29, 0.717) is 17.9 Å². The molecule has 3 atom stereocenters. The SMILES string of the molecule is CCC(C)C(CO)CCn1cc(F)c(NC(=O)C2=CC(Br)CCC=C2)nc1=O. The third-order valence-corrected chi connectivity index (χ3v) is 5.86. The van der Waals surface area contributed by atoms with Gasteiger partial charge in [-0.3, -0.25) is 9.36 Å². The molecule has 0 aliphatic heterocycles. The Labute approximate surface area is 172 Å². The van der Waals surface area contributed by atoms with Gasteiger partial charge in [-0.15, -0.1) is 0 Å². The van der Waals surface area contributed by atoms with Crippen LogP contribution in [0.25, 0.3) is 0 Å². The molecule has 6 nitrogen and oxygen atoms in total. The predicted octanol–water partition coefficient (Wildman–Crippen LogP) is 3.41. The molecule has 1 aliphatic rings. The number of carbonyl (C=O) groups is 1. The molecule has 2 N–H and O–H groups in total. The summed E-state index contributed by atoms with van der Waals surface area (Å²) in [6.07, 6.45) is 9.52. The molecular weight excluding hydrogens is 429 g/mol. The highest BCUT2D eigenvalue weighted by atomic mass is 79.9. The Kier molecular flexibility index (Phi) is 8.57. The topological polar surface area (TPSA) is 84.2 Å². The number of halogens is 2. The second-order valence-electron chi connectivity index (χ2n) is 7.10. The molecule has 1 heterocycles. The summed E-state index contributed by atoms with van der Waals surface area (Å²) < 4.78 is 15.6. The molecule has 1 aliphatic carbocycles. The van der Waals surface area contributed by atoms with Crippen LogP contribution in [-0.4, -0.2) is 32.0 Å². The van der Waals surface area contributed by atoms with Gasteiger partial charge in [-0.1, -0.05) is 54.4 Å². The maximum atomic E-state index is 14.4. The molecular formula is C20H27BrFN3O3. The highest BCUT2D eigenvalue weighted by molar-refractivity contribution is 9.09. The van der Waals surface area contributed by atoms with Gasteiger partial charge in [-0.05, 0) is 31.1 Å². The van der Waals surface area contributed by atoms with Crippen LogP contribution in [0.1, 0.15) is 39.5 Å². The van der Waals surface area contributed by atoms with E-state index in [0.717, 1.165) is 25.5 Å². The zero-order valence-electron chi connectivity index (χ0n) is 16.2. The Morgan fingerprint density at radius 2 is 2.29 bits per heavy atom. The third kappa shape index (κ3) is 6.10. The van der Waals surface area contributed by atoms with Crippen molar-refractivity contribution in [2.45, 2.75) is 50.9 Å². The van der Waals surface area contributed by atoms with E-state index in [1.807, 2.05) is 19.9 Å². The number of hydrogen-bond donors (Lipinski definition) is 2. The summed E-state index contributed by atoms with van der Waals surface area (Å²) in [6.45, 7) is 4.35. The Bertz CT molecular complexity index is 806. The predicted molar refractivity (Wildman–Crippen MR) is 111 cm³/mol. The molecule has 1 aromatic heterocycles. The second kappa shape index (κ2) is 10.7. The van der Waals surface area contributed by atoms with Crippen molar-refractivity contribution in [3.8, 4) is 0 Å². The normalized spacial score (nSPS) is 18.9. The van der Waals surface area contributed by atoms with E-state index in [2.05, 4.69) is 26.2 Å². The van der Waals surface area contributed by atoms with Gasteiger partial charge in [0.15, 0.2) is 11.6 Å². The first-order valence-corrected chi connectivity index (χ1v) is 10.5. The number of anilines is 1. The number of rotatable bonds is 8. The third-order valence-electron chi connectivity index (χ3n) is 5.13. The van der Waals surface area contributed by atoms with Gasteiger partial charge in [-0.2, -0.15) is 4.98 Å². The van der Waals surface area contributed by atoms with Crippen molar-refractivity contribution in [1.29, 1.82) is 0 Å². The summed E-state index contributed by atoms with van der Waals surface area (Å²) in [5.74, 6) is -1.33. The molecule has 1 amide bonds. The minimum atomic E-state index is -0.773. The van der Waals surface area contributed by atoms with Crippen molar-refractivity contribution < 1.29 is 14.3 Å². The van der Waals surface area contributed by atoms with Gasteiger partial charge in [0.2, 0.25) is 0 Å². The van der Waals surface area contributed by atoms with Gasteiger partial charge >= 0.3 is 5.69 Å². The molecule has 8 heteroatoms. The molecule has 2 rings (SSSR count). The summed E-state index contributed by atoms with van der Waals surface area (Å²) in [5, 5.41) is 11.9. The van der Waals surface area contributed by atoms with Crippen molar-refractivity contribution in [2.24, 2.45) is 11.8 Å². The minimum absolute atomic E-state index is 0.0189. The van der Waals surface area contributed by atoms with Crippen LogP contribution in [0.3, 0.4) is 0 Å². The van der Waals surface area contributed by atoms with E-state index in [1.165, 1.54) is 4.57 Å². The maximum Gasteiger partial charge on any atom is 0.349 e. The van der Waals surface area contributed by atoms with Crippen molar-refractivity contribution in [2.75, 3.05) is 11.9 Å². The number of alkyl halides is 1. The number of aliphatic hydroxyl groups excluding tert-OH is 1. The number of amides is 1. The van der Waals surface area contributed by atoms with E-state index >= 15 is 0 Å². The number of aryl methyl sites for hydroxylation is 1. The van der Waals surface area contributed by atoms with Crippen LogP contribution in [0.2, 0.25) is 0 Å². The average Bonchev–Trinajstić information content (AvgIpc) is 2.89. The summed E-state index contributed by atoms with van der Waals surface area (Å²) in [7, 11) is 0. The zero-order valence-corrected chi connectivity index (χ0v) is 17.8. The first-order chi connectivity index (χ1) is 13.3. The Balaban J connectivity index is 2.11. The molecule has 0 bridgehead atoms. The summed E-state index contributed by atoms with van der Waals surface area (Å²) in [6, 6.07) is 0. The highest BCUT2D eigenvalue weighted by Crippen LogP contribution is 2.20. The van der Waals surface area contributed by atoms with Crippen LogP contribution in [-0.2, 0) is 11.3 Å². The lowest BCUT2D eigenvalue weighted by Gasteiger charge is -2.20. The Hall–Kier alpha value is -1.80. The molecule has 0 saturated carbocycles. The van der Waals surface area contributed by atoms with Gasteiger partial charge in [-0.25, -0.2) is 9.18 Å². The second-order valence-corrected chi connectivity index (χ2v) is 8.28. The molecule has 0 fully saturated rings. The summed E-state index contributed by atoms with van der Waals surface area (Å²) >= 11 is 3.46. The van der Waals surface area contributed by atoms with E-state index in [-0.39, 0.29) is 29.7 Å². The smallest absolute Gasteiger partial charge is 0.349 e. The number of aliphatic hydroxyl groups is 1. The lowest BCUT2D eigenvalue weighted by Crippen LogP contribution is -2.28. The Morgan fingerprint density at radius 3 is 2.96 bits per heavy atom. The van der Waals surface area contributed by atoms with Crippen LogP contribution >= 0.6 is 15.9 Å². The standard InChI is InChI=1S/C20H27BrFN3O3/c1-3-13(2)15(12-26)8-9-25-11-17(22)18(24-20(25)28)23-19(27)14-6-4-5-7-16(21)10-14/h4,6,10-11,13,15-16,26H,3,5,7-9,12H2,1-2H3,(H,23,24,27,28). The maximum absolute atomic E-state index is 14.4. The quantitative estimate of drug-likeness (QED) is 0.588. The zero-order chi connectivity index (χ0) is 20.7. The molecule has 3 unspecified atom stereocenters. The fraction of sp³-hybridized carbons (Fsp3) is 0.550. The largest absolute Gasteiger partial charge is 0.396 e. The average molecular weight is 456 g/mol. The molecule has 0 radical (unpaired) electrons. The first-order valence-electron chi connectivity index (χ1n) is 9.57. The monoisotopic (exact) mass is 455 g/mol. The van der Waals surface area contributed by atoms with Crippen molar-refractivity contribution >= 4 is 27.7 Å². The number of nitrogens with zero attached hydrogens (tertiary/aromatic N) is 2. The number of hydrogen-bond acceptors (Lipinski definition) is 4. The number of aromatic nitrogens is 2. The van der Waals surface area contributed by atoms with Gasteiger partial charge in [0.05, 0.1) is 0 Å². The van der Waals surface area contributed by atoms with E-state index in [4.69, 9.17) is 0 Å². The van der Waals surface area contributed by atoms with Crippen LogP contribution in [0.5, 0.6) is 0 Å². The first kappa shape index (κ1) is 22.5. The minimum Gasteiger partial charge on any atom is -0.396 e. The molecule has 0 saturated heterocycles. The fourth-order valence-electron chi connectivity index (χ4n) is 3.04. The molecule has 0 aromatic carbocycles. The summed E-state index contributed by atoms with van der Waals surface area (Å²) in [4.78, 5) is 28.4. The number of nitrogens with one attached hydrogen (secondary N) is 1. The Morgan fingerprint density at radius 1 is 1.54 bits per heavy atom. The lowest BCUT2D eigenvalue weighted by atomic mass is 9.90.